The molecule has 0 spiro atoms. The zero-order valence-corrected chi connectivity index (χ0v) is 15.8. The molecule has 0 amide bonds. The maximum atomic E-state index is 10.8. The lowest BCUT2D eigenvalue weighted by Gasteiger charge is -2.28. The summed E-state index contributed by atoms with van der Waals surface area (Å²) in [6.07, 6.45) is 5.84. The molecule has 1 aromatic carbocycles. The van der Waals surface area contributed by atoms with Crippen LogP contribution in [-0.4, -0.2) is 42.2 Å². The monoisotopic (exact) mass is 332 g/mol. The first kappa shape index (κ1) is 19.4. The van der Waals surface area contributed by atoms with Crippen molar-refractivity contribution in [1.82, 2.24) is 10.2 Å². The van der Waals surface area contributed by atoms with Crippen molar-refractivity contribution >= 4 is 0 Å². The Morgan fingerprint density at radius 2 is 1.75 bits per heavy atom. The van der Waals surface area contributed by atoms with E-state index < -0.39 is 6.10 Å². The highest BCUT2D eigenvalue weighted by Crippen LogP contribution is 2.22. The van der Waals surface area contributed by atoms with Crippen LogP contribution in [0, 0.1) is 12.8 Å². The molecule has 0 bridgehead atoms. The van der Waals surface area contributed by atoms with Gasteiger partial charge in [0.25, 0.3) is 0 Å². The Labute approximate surface area is 148 Å². The van der Waals surface area contributed by atoms with E-state index in [1.165, 1.54) is 44.5 Å². The van der Waals surface area contributed by atoms with Crippen molar-refractivity contribution in [2.24, 2.45) is 5.92 Å². The molecule has 1 heterocycles. The Bertz CT molecular complexity index is 451. The normalized spacial score (nSPS) is 18.7. The smallest absolute Gasteiger partial charge is 0.0943 e. The van der Waals surface area contributed by atoms with Gasteiger partial charge in [0.05, 0.1) is 6.10 Å². The topological polar surface area (TPSA) is 35.5 Å². The number of benzene rings is 1. The van der Waals surface area contributed by atoms with Gasteiger partial charge in [-0.25, -0.2) is 0 Å². The van der Waals surface area contributed by atoms with Gasteiger partial charge in [-0.15, -0.1) is 0 Å². The lowest BCUT2D eigenvalue weighted by Crippen LogP contribution is -2.38. The summed E-state index contributed by atoms with van der Waals surface area (Å²) in [5, 5.41) is 14.4. The molecule has 3 nitrogen and oxygen atoms in total. The molecule has 136 valence electrons. The minimum atomic E-state index is -0.428. The molecule has 1 fully saturated rings. The lowest BCUT2D eigenvalue weighted by molar-refractivity contribution is 0.115. The number of piperidine rings is 1. The second-order valence-corrected chi connectivity index (χ2v) is 7.80. The summed E-state index contributed by atoms with van der Waals surface area (Å²) < 4.78 is 0. The number of likely N-dealkylation sites (tertiary alicyclic amines) is 1. The standard InChI is InChI=1S/C21H36N2O/c1-17(2)16-20(21(24)19-10-8-18(3)9-11-19)22-12-7-15-23-13-5-4-6-14-23/h8-11,17,20-22,24H,4-7,12-16H2,1-3H3. The van der Waals surface area contributed by atoms with E-state index in [0.717, 1.165) is 24.9 Å². The second kappa shape index (κ2) is 10.2. The van der Waals surface area contributed by atoms with Crippen LogP contribution in [0.15, 0.2) is 24.3 Å². The van der Waals surface area contributed by atoms with Gasteiger partial charge in [-0.3, -0.25) is 0 Å². The number of aryl methyl sites for hydroxylation is 1. The van der Waals surface area contributed by atoms with E-state index in [4.69, 9.17) is 0 Å². The fourth-order valence-electron chi connectivity index (χ4n) is 3.60. The molecule has 2 rings (SSSR count). The molecular formula is C21H36N2O. The summed E-state index contributed by atoms with van der Waals surface area (Å²) in [6.45, 7) is 11.2. The van der Waals surface area contributed by atoms with Crippen LogP contribution in [-0.2, 0) is 0 Å². The van der Waals surface area contributed by atoms with Crippen LogP contribution in [0.4, 0.5) is 0 Å². The highest BCUT2D eigenvalue weighted by Gasteiger charge is 2.21. The molecule has 2 unspecified atom stereocenters. The summed E-state index contributed by atoms with van der Waals surface area (Å²) in [5.74, 6) is 0.574. The van der Waals surface area contributed by atoms with E-state index >= 15 is 0 Å². The molecule has 1 aromatic rings. The largest absolute Gasteiger partial charge is 0.387 e. The lowest BCUT2D eigenvalue weighted by atomic mass is 9.94. The molecule has 0 saturated carbocycles. The Morgan fingerprint density at radius 1 is 1.08 bits per heavy atom. The van der Waals surface area contributed by atoms with Crippen LogP contribution >= 0.6 is 0 Å². The number of nitrogens with one attached hydrogen (secondary N) is 1. The van der Waals surface area contributed by atoms with Crippen molar-refractivity contribution in [2.75, 3.05) is 26.2 Å². The fraction of sp³-hybridized carbons (Fsp3) is 0.714. The van der Waals surface area contributed by atoms with Crippen molar-refractivity contribution in [1.29, 1.82) is 0 Å². The number of nitrogens with zero attached hydrogens (tertiary/aromatic N) is 1. The van der Waals surface area contributed by atoms with Gasteiger partial charge in [-0.1, -0.05) is 50.1 Å². The summed E-state index contributed by atoms with van der Waals surface area (Å²) in [6, 6.07) is 8.42. The van der Waals surface area contributed by atoms with E-state index in [-0.39, 0.29) is 6.04 Å². The van der Waals surface area contributed by atoms with Crippen molar-refractivity contribution in [3.8, 4) is 0 Å². The third kappa shape index (κ3) is 6.54. The first-order valence-corrected chi connectivity index (χ1v) is 9.76. The number of aliphatic hydroxyl groups is 1. The van der Waals surface area contributed by atoms with E-state index in [2.05, 4.69) is 55.3 Å². The third-order valence-electron chi connectivity index (χ3n) is 5.03. The Morgan fingerprint density at radius 3 is 2.38 bits per heavy atom. The van der Waals surface area contributed by atoms with Crippen molar-refractivity contribution in [3.05, 3.63) is 35.4 Å². The molecule has 2 N–H and O–H groups in total. The van der Waals surface area contributed by atoms with Gasteiger partial charge in [-0.2, -0.15) is 0 Å². The van der Waals surface area contributed by atoms with Gasteiger partial charge in [0.15, 0.2) is 0 Å². The molecule has 3 heteroatoms. The minimum Gasteiger partial charge on any atom is -0.387 e. The van der Waals surface area contributed by atoms with E-state index in [0.29, 0.717) is 5.92 Å². The van der Waals surface area contributed by atoms with Gasteiger partial charge in [0, 0.05) is 6.04 Å². The minimum absolute atomic E-state index is 0.133. The molecule has 0 radical (unpaired) electrons. The van der Waals surface area contributed by atoms with Gasteiger partial charge < -0.3 is 15.3 Å². The number of rotatable bonds is 9. The van der Waals surface area contributed by atoms with Crippen LogP contribution in [0.25, 0.3) is 0 Å². The van der Waals surface area contributed by atoms with E-state index in [9.17, 15) is 5.11 Å². The quantitative estimate of drug-likeness (QED) is 0.673. The van der Waals surface area contributed by atoms with Gasteiger partial charge in [0.2, 0.25) is 0 Å². The van der Waals surface area contributed by atoms with Crippen molar-refractivity contribution < 1.29 is 5.11 Å². The SMILES string of the molecule is Cc1ccc(C(O)C(CC(C)C)NCCCN2CCCCC2)cc1. The average Bonchev–Trinajstić information content (AvgIpc) is 2.58. The molecule has 1 saturated heterocycles. The van der Waals surface area contributed by atoms with Crippen LogP contribution in [0.1, 0.15) is 63.2 Å². The number of aliphatic hydroxyl groups excluding tert-OH is 1. The first-order chi connectivity index (χ1) is 11.6. The zero-order chi connectivity index (χ0) is 17.4. The highest BCUT2D eigenvalue weighted by molar-refractivity contribution is 5.24. The number of hydrogen-bond acceptors (Lipinski definition) is 3. The van der Waals surface area contributed by atoms with Crippen LogP contribution in [0.2, 0.25) is 0 Å². The Balaban J connectivity index is 1.81. The van der Waals surface area contributed by atoms with Gasteiger partial charge in [-0.05, 0) is 70.3 Å². The van der Waals surface area contributed by atoms with Crippen LogP contribution in [0.5, 0.6) is 0 Å². The second-order valence-electron chi connectivity index (χ2n) is 7.80. The molecule has 0 aromatic heterocycles. The molecule has 2 atom stereocenters. The summed E-state index contributed by atoms with van der Waals surface area (Å²) in [7, 11) is 0. The van der Waals surface area contributed by atoms with E-state index in [1.54, 1.807) is 0 Å². The zero-order valence-electron chi connectivity index (χ0n) is 15.8. The molecule has 24 heavy (non-hydrogen) atoms. The van der Waals surface area contributed by atoms with Crippen LogP contribution in [0.3, 0.4) is 0 Å². The van der Waals surface area contributed by atoms with Gasteiger partial charge >= 0.3 is 0 Å². The first-order valence-electron chi connectivity index (χ1n) is 9.76. The maximum absolute atomic E-state index is 10.8. The maximum Gasteiger partial charge on any atom is 0.0943 e. The third-order valence-corrected chi connectivity index (χ3v) is 5.03. The summed E-state index contributed by atoms with van der Waals surface area (Å²) in [5.41, 5.74) is 2.26. The summed E-state index contributed by atoms with van der Waals surface area (Å²) in [4.78, 5) is 2.58. The Kier molecular flexibility index (Phi) is 8.23. The predicted octanol–water partition coefficient (Wildman–Crippen LogP) is 3.91. The Hall–Kier alpha value is -0.900. The van der Waals surface area contributed by atoms with Gasteiger partial charge in [0.1, 0.15) is 0 Å². The van der Waals surface area contributed by atoms with E-state index in [1.807, 2.05) is 0 Å². The fourth-order valence-corrected chi connectivity index (χ4v) is 3.60. The average molecular weight is 333 g/mol. The number of hydrogen-bond donors (Lipinski definition) is 2. The van der Waals surface area contributed by atoms with Crippen molar-refractivity contribution in [3.63, 3.8) is 0 Å². The van der Waals surface area contributed by atoms with Crippen molar-refractivity contribution in [2.45, 2.75) is 65.0 Å². The predicted molar refractivity (Wildman–Crippen MR) is 102 cm³/mol. The molecule has 1 aliphatic rings. The molecule has 1 aliphatic heterocycles. The molecule has 0 aliphatic carbocycles. The summed E-state index contributed by atoms with van der Waals surface area (Å²) >= 11 is 0. The van der Waals surface area contributed by atoms with Crippen LogP contribution < -0.4 is 5.32 Å². The molecular weight excluding hydrogens is 296 g/mol. The highest BCUT2D eigenvalue weighted by atomic mass is 16.3.